The molecule has 5 rings (SSSR count). The molecule has 3 aliphatic rings. The predicted octanol–water partition coefficient (Wildman–Crippen LogP) is 2.52. The maximum atomic E-state index is 13.3. The summed E-state index contributed by atoms with van der Waals surface area (Å²) in [5, 5.41) is 9.87. The van der Waals surface area contributed by atoms with Crippen molar-refractivity contribution in [3.8, 4) is 0 Å². The van der Waals surface area contributed by atoms with Gasteiger partial charge < -0.3 is 9.84 Å². The number of likely N-dealkylation sites (tertiary alicyclic amines) is 1. The standard InChI is InChI=1S/C24H20N2O6S/c27-16-13-33-23-20(25-17(28)11-12-18(25)29)22(30)26(23)19(16)24(31)32-21(14-7-3-1-4-8-14)15-9-5-2-6-10-15/h1-10,20-21,23,27H,11-13H2/t20?,23-/m0/s1. The van der Waals surface area contributed by atoms with Crippen LogP contribution in [0.1, 0.15) is 30.1 Å². The van der Waals surface area contributed by atoms with Gasteiger partial charge in [-0.15, -0.1) is 11.8 Å². The van der Waals surface area contributed by atoms with Crippen LogP contribution in [-0.4, -0.2) is 55.8 Å². The second-order valence-corrected chi connectivity index (χ2v) is 9.02. The van der Waals surface area contributed by atoms with Crippen LogP contribution in [0.4, 0.5) is 0 Å². The number of esters is 1. The summed E-state index contributed by atoms with van der Waals surface area (Å²) in [6, 6.07) is 17.4. The Balaban J connectivity index is 1.42. The number of imide groups is 1. The smallest absolute Gasteiger partial charge is 0.359 e. The second-order valence-electron chi connectivity index (χ2n) is 7.91. The third kappa shape index (κ3) is 3.58. The largest absolute Gasteiger partial charge is 0.509 e. The van der Waals surface area contributed by atoms with Crippen LogP contribution in [0.2, 0.25) is 0 Å². The fourth-order valence-electron chi connectivity index (χ4n) is 4.33. The maximum absolute atomic E-state index is 13.3. The molecule has 2 atom stereocenters. The molecule has 0 aliphatic carbocycles. The summed E-state index contributed by atoms with van der Waals surface area (Å²) in [4.78, 5) is 52.7. The van der Waals surface area contributed by atoms with Crippen LogP contribution in [0.5, 0.6) is 0 Å². The van der Waals surface area contributed by atoms with Crippen LogP contribution < -0.4 is 0 Å². The monoisotopic (exact) mass is 464 g/mol. The molecule has 1 N–H and O–H groups in total. The molecule has 3 heterocycles. The molecule has 2 aromatic rings. The summed E-state index contributed by atoms with van der Waals surface area (Å²) in [5.74, 6) is -2.42. The van der Waals surface area contributed by atoms with E-state index in [9.17, 15) is 24.3 Å². The van der Waals surface area contributed by atoms with Gasteiger partial charge in [-0.2, -0.15) is 0 Å². The van der Waals surface area contributed by atoms with Gasteiger partial charge in [-0.1, -0.05) is 60.7 Å². The third-order valence-corrected chi connectivity index (χ3v) is 7.16. The molecule has 2 fully saturated rings. The number of carbonyl (C=O) groups excluding carboxylic acids is 4. The van der Waals surface area contributed by atoms with E-state index in [4.69, 9.17) is 4.74 Å². The molecule has 2 aromatic carbocycles. The second kappa shape index (κ2) is 8.40. The first-order valence-corrected chi connectivity index (χ1v) is 11.5. The van der Waals surface area contributed by atoms with E-state index in [1.807, 2.05) is 60.7 Å². The minimum Gasteiger partial charge on any atom is -0.509 e. The average Bonchev–Trinajstić information content (AvgIpc) is 3.16. The first-order chi connectivity index (χ1) is 16.0. The zero-order valence-electron chi connectivity index (χ0n) is 17.4. The average molecular weight is 464 g/mol. The number of amides is 3. The Hall–Kier alpha value is -3.59. The van der Waals surface area contributed by atoms with Crippen LogP contribution in [0.3, 0.4) is 0 Å². The number of hydrogen-bond donors (Lipinski definition) is 1. The highest BCUT2D eigenvalue weighted by Gasteiger charge is 2.59. The molecule has 0 radical (unpaired) electrons. The van der Waals surface area contributed by atoms with E-state index in [0.717, 1.165) is 20.9 Å². The van der Waals surface area contributed by atoms with Crippen LogP contribution in [0, 0.1) is 0 Å². The van der Waals surface area contributed by atoms with E-state index in [1.165, 1.54) is 11.8 Å². The number of benzene rings is 2. The van der Waals surface area contributed by atoms with Crippen molar-refractivity contribution in [1.29, 1.82) is 0 Å². The first kappa shape index (κ1) is 21.3. The minimum absolute atomic E-state index is 0.0624. The minimum atomic E-state index is -0.965. The lowest BCUT2D eigenvalue weighted by molar-refractivity contribution is -0.164. The molecule has 0 spiro atoms. The molecule has 3 aliphatic heterocycles. The fraction of sp³-hybridized carbons (Fsp3) is 0.250. The normalized spacial score (nSPS) is 22.5. The van der Waals surface area contributed by atoms with E-state index in [-0.39, 0.29) is 30.1 Å². The Labute approximate surface area is 193 Å². The number of hydrogen-bond acceptors (Lipinski definition) is 7. The lowest BCUT2D eigenvalue weighted by Crippen LogP contribution is -2.71. The van der Waals surface area contributed by atoms with Gasteiger partial charge in [0.2, 0.25) is 11.8 Å². The summed E-state index contributed by atoms with van der Waals surface area (Å²) >= 11 is 1.20. The van der Waals surface area contributed by atoms with Crippen molar-refractivity contribution in [2.24, 2.45) is 0 Å². The molecule has 0 aromatic heterocycles. The SMILES string of the molecule is O=C(OC(c1ccccc1)c1ccccc1)C1=C(O)CS[C@H]2C(N3C(=O)CCC3=O)C(=O)N12. The van der Waals surface area contributed by atoms with Gasteiger partial charge in [0, 0.05) is 12.8 Å². The van der Waals surface area contributed by atoms with E-state index in [0.29, 0.717) is 0 Å². The van der Waals surface area contributed by atoms with Gasteiger partial charge in [-0.05, 0) is 11.1 Å². The molecule has 0 bridgehead atoms. The Morgan fingerprint density at radius 2 is 1.45 bits per heavy atom. The Morgan fingerprint density at radius 1 is 0.909 bits per heavy atom. The molecule has 33 heavy (non-hydrogen) atoms. The summed E-state index contributed by atoms with van der Waals surface area (Å²) in [5.41, 5.74) is 1.23. The quantitative estimate of drug-likeness (QED) is 0.412. The van der Waals surface area contributed by atoms with Crippen LogP contribution in [-0.2, 0) is 23.9 Å². The lowest BCUT2D eigenvalue weighted by atomic mass is 10.0. The Bertz CT molecular complexity index is 1110. The topological polar surface area (TPSA) is 104 Å². The molecule has 3 amide bonds. The van der Waals surface area contributed by atoms with Gasteiger partial charge in [-0.25, -0.2) is 4.79 Å². The van der Waals surface area contributed by atoms with Crippen LogP contribution in [0.15, 0.2) is 72.1 Å². The highest BCUT2D eigenvalue weighted by molar-refractivity contribution is 8.00. The first-order valence-electron chi connectivity index (χ1n) is 10.5. The predicted molar refractivity (Wildman–Crippen MR) is 118 cm³/mol. The van der Waals surface area contributed by atoms with E-state index >= 15 is 0 Å². The number of β-lactam (4-membered cyclic amide) rings is 1. The molecular weight excluding hydrogens is 444 g/mol. The number of aliphatic hydroxyl groups excluding tert-OH is 1. The molecule has 0 saturated carbocycles. The number of carbonyl (C=O) groups is 4. The van der Waals surface area contributed by atoms with Crippen molar-refractivity contribution in [3.63, 3.8) is 0 Å². The van der Waals surface area contributed by atoms with Crippen molar-refractivity contribution in [2.45, 2.75) is 30.4 Å². The van der Waals surface area contributed by atoms with Crippen molar-refractivity contribution in [3.05, 3.63) is 83.2 Å². The number of rotatable bonds is 5. The molecular formula is C24H20N2O6S. The number of fused-ring (bicyclic) bond motifs is 1. The Kier molecular flexibility index (Phi) is 5.41. The fourth-order valence-corrected chi connectivity index (χ4v) is 5.57. The van der Waals surface area contributed by atoms with Gasteiger partial charge in [0.05, 0.1) is 5.75 Å². The lowest BCUT2D eigenvalue weighted by Gasteiger charge is -2.51. The maximum Gasteiger partial charge on any atom is 0.359 e. The number of aliphatic hydroxyl groups is 1. The van der Waals surface area contributed by atoms with Crippen LogP contribution in [0.25, 0.3) is 0 Å². The van der Waals surface area contributed by atoms with Gasteiger partial charge in [0.1, 0.15) is 17.2 Å². The highest BCUT2D eigenvalue weighted by Crippen LogP contribution is 2.43. The molecule has 168 valence electrons. The Morgan fingerprint density at radius 3 is 2.00 bits per heavy atom. The summed E-state index contributed by atoms with van der Waals surface area (Å²) in [6.45, 7) is 0. The van der Waals surface area contributed by atoms with E-state index in [1.54, 1.807) is 0 Å². The number of ether oxygens (including phenoxy) is 1. The van der Waals surface area contributed by atoms with Gasteiger partial charge in [0.15, 0.2) is 11.8 Å². The summed E-state index contributed by atoms with van der Waals surface area (Å²) < 4.78 is 5.83. The van der Waals surface area contributed by atoms with Crippen LogP contribution >= 0.6 is 11.8 Å². The van der Waals surface area contributed by atoms with Gasteiger partial charge >= 0.3 is 5.97 Å². The third-order valence-electron chi connectivity index (χ3n) is 5.91. The van der Waals surface area contributed by atoms with E-state index in [2.05, 4.69) is 0 Å². The van der Waals surface area contributed by atoms with Crippen molar-refractivity contribution < 1.29 is 29.0 Å². The molecule has 1 unspecified atom stereocenters. The summed E-state index contributed by atoms with van der Waals surface area (Å²) in [7, 11) is 0. The van der Waals surface area contributed by atoms with Crippen molar-refractivity contribution >= 4 is 35.5 Å². The molecule has 2 saturated heterocycles. The number of nitrogens with zero attached hydrogens (tertiary/aromatic N) is 2. The summed E-state index contributed by atoms with van der Waals surface area (Å²) in [6.07, 6.45) is -0.598. The number of thioether (sulfide) groups is 1. The molecule has 8 nitrogen and oxygen atoms in total. The van der Waals surface area contributed by atoms with Gasteiger partial charge in [-0.3, -0.25) is 24.2 Å². The zero-order valence-corrected chi connectivity index (χ0v) is 18.2. The zero-order chi connectivity index (χ0) is 23.1. The van der Waals surface area contributed by atoms with E-state index < -0.39 is 41.2 Å². The molecule has 9 heteroatoms. The van der Waals surface area contributed by atoms with Crippen molar-refractivity contribution in [2.75, 3.05) is 5.75 Å². The highest BCUT2D eigenvalue weighted by atomic mass is 32.2. The van der Waals surface area contributed by atoms with Crippen molar-refractivity contribution in [1.82, 2.24) is 9.80 Å². The van der Waals surface area contributed by atoms with Gasteiger partial charge in [0.25, 0.3) is 5.91 Å².